The molecule has 3 nitrogen and oxygen atoms in total. The quantitative estimate of drug-likeness (QED) is 0.654. The molecule has 0 unspecified atom stereocenters. The van der Waals surface area contributed by atoms with Crippen molar-refractivity contribution in [2.24, 2.45) is 0 Å². The van der Waals surface area contributed by atoms with Crippen LogP contribution in [0.2, 0.25) is 0 Å². The first-order valence-electron chi connectivity index (χ1n) is 5.30. The van der Waals surface area contributed by atoms with E-state index in [1.54, 1.807) is 11.9 Å². The van der Waals surface area contributed by atoms with Gasteiger partial charge in [-0.25, -0.2) is 4.79 Å². The molecule has 1 amide bonds. The van der Waals surface area contributed by atoms with Crippen LogP contribution in [-0.2, 0) is 4.74 Å². The van der Waals surface area contributed by atoms with Crippen LogP contribution in [0, 0.1) is 0 Å². The van der Waals surface area contributed by atoms with Crippen LogP contribution < -0.4 is 0 Å². The third kappa shape index (κ3) is 6.77. The van der Waals surface area contributed by atoms with E-state index in [2.05, 4.69) is 6.92 Å². The number of carbonyl (C=O) groups excluding carboxylic acids is 1. The summed E-state index contributed by atoms with van der Waals surface area (Å²) in [5, 5.41) is 0. The molecule has 0 rings (SSSR count). The lowest BCUT2D eigenvalue weighted by atomic mass is 10.4. The Bertz CT molecular complexity index is 232. The Morgan fingerprint density at radius 3 is 2.47 bits per heavy atom. The molecule has 0 aromatic heterocycles. The summed E-state index contributed by atoms with van der Waals surface area (Å²) in [7, 11) is 1.73. The zero-order valence-electron chi connectivity index (χ0n) is 10.1. The van der Waals surface area contributed by atoms with E-state index >= 15 is 0 Å². The second-order valence-corrected chi connectivity index (χ2v) is 3.55. The smallest absolute Gasteiger partial charge is 0.410 e. The second kappa shape index (κ2) is 8.09. The van der Waals surface area contributed by atoms with E-state index in [1.165, 1.54) is 0 Å². The number of ether oxygens (including phenoxy) is 1. The maximum Gasteiger partial charge on any atom is 0.410 e. The standard InChI is InChI=1S/C12H21NO2/c1-5-6-7-8-9-10-15-12(14)13(4)11(2)3/h6-9,11H,5,10H2,1-4H3. The lowest BCUT2D eigenvalue weighted by Crippen LogP contribution is -2.33. The predicted molar refractivity (Wildman–Crippen MR) is 62.8 cm³/mol. The number of amides is 1. The molecule has 0 fully saturated rings. The van der Waals surface area contributed by atoms with Crippen LogP contribution in [0.4, 0.5) is 4.79 Å². The van der Waals surface area contributed by atoms with Gasteiger partial charge in [0.1, 0.15) is 6.61 Å². The van der Waals surface area contributed by atoms with Gasteiger partial charge in [-0.3, -0.25) is 0 Å². The van der Waals surface area contributed by atoms with Crippen LogP contribution >= 0.6 is 0 Å². The van der Waals surface area contributed by atoms with Gasteiger partial charge in [0.05, 0.1) is 0 Å². The van der Waals surface area contributed by atoms with E-state index in [4.69, 9.17) is 4.74 Å². The molecule has 86 valence electrons. The van der Waals surface area contributed by atoms with Crippen molar-refractivity contribution >= 4 is 6.09 Å². The van der Waals surface area contributed by atoms with Crippen LogP contribution in [0.1, 0.15) is 27.2 Å². The molecule has 0 aliphatic heterocycles. The highest BCUT2D eigenvalue weighted by molar-refractivity contribution is 5.67. The number of hydrogen-bond donors (Lipinski definition) is 0. The molecule has 0 radical (unpaired) electrons. The number of carbonyl (C=O) groups is 1. The summed E-state index contributed by atoms with van der Waals surface area (Å²) >= 11 is 0. The molecular weight excluding hydrogens is 190 g/mol. The minimum Gasteiger partial charge on any atom is -0.445 e. The van der Waals surface area contributed by atoms with Gasteiger partial charge in [-0.15, -0.1) is 0 Å². The van der Waals surface area contributed by atoms with Crippen LogP contribution in [0.15, 0.2) is 24.3 Å². The zero-order chi connectivity index (χ0) is 11.7. The van der Waals surface area contributed by atoms with E-state index in [0.29, 0.717) is 6.61 Å². The van der Waals surface area contributed by atoms with Gasteiger partial charge in [0, 0.05) is 13.1 Å². The SMILES string of the molecule is CCC=CC=CCOC(=O)N(C)C(C)C. The van der Waals surface area contributed by atoms with Crippen LogP contribution in [-0.4, -0.2) is 30.7 Å². The Labute approximate surface area is 92.4 Å². The fourth-order valence-corrected chi connectivity index (χ4v) is 0.781. The summed E-state index contributed by atoms with van der Waals surface area (Å²) < 4.78 is 5.01. The van der Waals surface area contributed by atoms with Gasteiger partial charge >= 0.3 is 6.09 Å². The molecule has 3 heteroatoms. The van der Waals surface area contributed by atoms with Crippen molar-refractivity contribution < 1.29 is 9.53 Å². The number of nitrogens with zero attached hydrogens (tertiary/aromatic N) is 1. The topological polar surface area (TPSA) is 29.5 Å². The Balaban J connectivity index is 3.72. The molecule has 0 bridgehead atoms. The lowest BCUT2D eigenvalue weighted by Gasteiger charge is -2.20. The molecule has 0 aliphatic carbocycles. The van der Waals surface area contributed by atoms with Gasteiger partial charge in [0.2, 0.25) is 0 Å². The van der Waals surface area contributed by atoms with Gasteiger partial charge in [0.15, 0.2) is 0 Å². The molecule has 0 aliphatic rings. The molecule has 0 N–H and O–H groups in total. The molecule has 0 aromatic carbocycles. The maximum atomic E-state index is 11.3. The van der Waals surface area contributed by atoms with E-state index in [0.717, 1.165) is 6.42 Å². The van der Waals surface area contributed by atoms with Crippen LogP contribution in [0.25, 0.3) is 0 Å². The van der Waals surface area contributed by atoms with Crippen molar-refractivity contribution in [1.29, 1.82) is 0 Å². The maximum absolute atomic E-state index is 11.3. The summed E-state index contributed by atoms with van der Waals surface area (Å²) in [6, 6.07) is 0.168. The van der Waals surface area contributed by atoms with Gasteiger partial charge in [-0.1, -0.05) is 25.2 Å². The predicted octanol–water partition coefficient (Wildman–Crippen LogP) is 2.99. The molecule has 0 saturated carbocycles. The fourth-order valence-electron chi connectivity index (χ4n) is 0.781. The number of hydrogen-bond acceptors (Lipinski definition) is 2. The highest BCUT2D eigenvalue weighted by Gasteiger charge is 2.11. The lowest BCUT2D eigenvalue weighted by molar-refractivity contribution is 0.112. The van der Waals surface area contributed by atoms with Crippen molar-refractivity contribution in [2.75, 3.05) is 13.7 Å². The highest BCUT2D eigenvalue weighted by atomic mass is 16.6. The Morgan fingerprint density at radius 1 is 1.33 bits per heavy atom. The summed E-state index contributed by atoms with van der Waals surface area (Å²) in [5.41, 5.74) is 0. The minimum atomic E-state index is -0.283. The van der Waals surface area contributed by atoms with Crippen molar-refractivity contribution in [3.8, 4) is 0 Å². The van der Waals surface area contributed by atoms with Crippen molar-refractivity contribution in [3.63, 3.8) is 0 Å². The van der Waals surface area contributed by atoms with E-state index in [1.807, 2.05) is 38.2 Å². The molecule has 0 heterocycles. The first kappa shape index (κ1) is 13.8. The third-order valence-corrected chi connectivity index (χ3v) is 1.98. The second-order valence-electron chi connectivity index (χ2n) is 3.55. The number of allylic oxidation sites excluding steroid dienone is 3. The van der Waals surface area contributed by atoms with Crippen molar-refractivity contribution in [1.82, 2.24) is 4.90 Å². The summed E-state index contributed by atoms with van der Waals surface area (Å²) in [6.45, 7) is 6.29. The molecule has 0 saturated heterocycles. The summed E-state index contributed by atoms with van der Waals surface area (Å²) in [5.74, 6) is 0. The van der Waals surface area contributed by atoms with Gasteiger partial charge in [0.25, 0.3) is 0 Å². The Morgan fingerprint density at radius 2 is 1.93 bits per heavy atom. The van der Waals surface area contributed by atoms with E-state index in [-0.39, 0.29) is 12.1 Å². The fraction of sp³-hybridized carbons (Fsp3) is 0.583. The first-order chi connectivity index (χ1) is 7.09. The van der Waals surface area contributed by atoms with E-state index < -0.39 is 0 Å². The van der Waals surface area contributed by atoms with Gasteiger partial charge < -0.3 is 9.64 Å². The van der Waals surface area contributed by atoms with Crippen LogP contribution in [0.5, 0.6) is 0 Å². The number of rotatable bonds is 5. The normalized spacial score (nSPS) is 11.5. The first-order valence-corrected chi connectivity index (χ1v) is 5.30. The van der Waals surface area contributed by atoms with E-state index in [9.17, 15) is 4.79 Å². The van der Waals surface area contributed by atoms with Gasteiger partial charge in [-0.05, 0) is 26.3 Å². The van der Waals surface area contributed by atoms with Gasteiger partial charge in [-0.2, -0.15) is 0 Å². The molecular formula is C12H21NO2. The summed E-state index contributed by atoms with van der Waals surface area (Å²) in [6.07, 6.45) is 8.41. The molecule has 0 spiro atoms. The zero-order valence-corrected chi connectivity index (χ0v) is 10.1. The third-order valence-electron chi connectivity index (χ3n) is 1.98. The Hall–Kier alpha value is -1.25. The highest BCUT2D eigenvalue weighted by Crippen LogP contribution is 1.97. The average molecular weight is 211 g/mol. The molecule has 15 heavy (non-hydrogen) atoms. The monoisotopic (exact) mass is 211 g/mol. The minimum absolute atomic E-state index is 0.168. The largest absolute Gasteiger partial charge is 0.445 e. The Kier molecular flexibility index (Phi) is 7.42. The van der Waals surface area contributed by atoms with Crippen molar-refractivity contribution in [3.05, 3.63) is 24.3 Å². The molecule has 0 atom stereocenters. The van der Waals surface area contributed by atoms with Crippen LogP contribution in [0.3, 0.4) is 0 Å². The molecule has 0 aromatic rings. The van der Waals surface area contributed by atoms with Crippen molar-refractivity contribution in [2.45, 2.75) is 33.2 Å². The average Bonchev–Trinajstić information content (AvgIpc) is 2.21. The summed E-state index contributed by atoms with van der Waals surface area (Å²) in [4.78, 5) is 12.9.